The third-order valence-electron chi connectivity index (χ3n) is 5.74. The summed E-state index contributed by atoms with van der Waals surface area (Å²) in [5.41, 5.74) is 5.15. The van der Waals surface area contributed by atoms with Crippen LogP contribution in [0, 0.1) is 19.8 Å². The fourth-order valence-corrected chi connectivity index (χ4v) is 3.81. The maximum absolute atomic E-state index is 12.8. The largest absolute Gasteiger partial charge is 0.337 e. The highest BCUT2D eigenvalue weighted by Crippen LogP contribution is 2.23. The zero-order valence-electron chi connectivity index (χ0n) is 16.5. The van der Waals surface area contributed by atoms with Crippen LogP contribution in [0.4, 0.5) is 0 Å². The predicted octanol–water partition coefficient (Wildman–Crippen LogP) is 3.98. The molecule has 28 heavy (non-hydrogen) atoms. The predicted molar refractivity (Wildman–Crippen MR) is 110 cm³/mol. The van der Waals surface area contributed by atoms with Crippen LogP contribution in [-0.2, 0) is 6.42 Å². The maximum atomic E-state index is 12.8. The van der Waals surface area contributed by atoms with Gasteiger partial charge in [0.1, 0.15) is 0 Å². The Morgan fingerprint density at radius 1 is 1.04 bits per heavy atom. The standard InChI is InChI=1S/C23H26N4O/c1-17-8-9-21(14-18(17)2)27-16-22(24-25-27)23(28)26-12-10-20(11-13-26)15-19-6-4-3-5-7-19/h3-9,14,16,20H,10-13,15H2,1-2H3. The third kappa shape index (κ3) is 3.98. The van der Waals surface area contributed by atoms with Crippen molar-refractivity contribution in [3.05, 3.63) is 77.1 Å². The summed E-state index contributed by atoms with van der Waals surface area (Å²) in [5, 5.41) is 8.29. The molecule has 144 valence electrons. The Morgan fingerprint density at radius 3 is 2.50 bits per heavy atom. The first kappa shape index (κ1) is 18.4. The minimum Gasteiger partial charge on any atom is -0.337 e. The Bertz CT molecular complexity index is 956. The molecule has 2 heterocycles. The lowest BCUT2D eigenvalue weighted by atomic mass is 9.90. The molecule has 1 aliphatic heterocycles. The molecule has 0 atom stereocenters. The number of hydrogen-bond donors (Lipinski definition) is 0. The summed E-state index contributed by atoms with van der Waals surface area (Å²) in [6, 6.07) is 16.7. The smallest absolute Gasteiger partial charge is 0.276 e. The molecule has 0 spiro atoms. The van der Waals surface area contributed by atoms with Crippen molar-refractivity contribution in [1.29, 1.82) is 0 Å². The number of aromatic nitrogens is 3. The Kier molecular flexibility index (Phi) is 5.24. The van der Waals surface area contributed by atoms with Gasteiger partial charge in [-0.25, -0.2) is 4.68 Å². The van der Waals surface area contributed by atoms with Crippen molar-refractivity contribution < 1.29 is 4.79 Å². The molecule has 1 aromatic heterocycles. The number of likely N-dealkylation sites (tertiary alicyclic amines) is 1. The SMILES string of the molecule is Cc1ccc(-n2cc(C(=O)N3CCC(Cc4ccccc4)CC3)nn2)cc1C. The zero-order chi connectivity index (χ0) is 19.5. The van der Waals surface area contributed by atoms with Crippen LogP contribution in [0.3, 0.4) is 0 Å². The fourth-order valence-electron chi connectivity index (χ4n) is 3.81. The zero-order valence-corrected chi connectivity index (χ0v) is 16.5. The van der Waals surface area contributed by atoms with Crippen molar-refractivity contribution in [2.75, 3.05) is 13.1 Å². The normalized spacial score (nSPS) is 15.0. The molecule has 1 aliphatic rings. The van der Waals surface area contributed by atoms with Gasteiger partial charge in [0.2, 0.25) is 0 Å². The van der Waals surface area contributed by atoms with Crippen LogP contribution in [0.15, 0.2) is 54.7 Å². The van der Waals surface area contributed by atoms with E-state index in [2.05, 4.69) is 66.6 Å². The second-order valence-electron chi connectivity index (χ2n) is 7.74. The average molecular weight is 374 g/mol. The van der Waals surface area contributed by atoms with Crippen molar-refractivity contribution in [2.45, 2.75) is 33.1 Å². The van der Waals surface area contributed by atoms with E-state index in [1.165, 1.54) is 16.7 Å². The van der Waals surface area contributed by atoms with E-state index >= 15 is 0 Å². The first-order chi connectivity index (χ1) is 13.6. The van der Waals surface area contributed by atoms with Gasteiger partial charge in [0.25, 0.3) is 5.91 Å². The van der Waals surface area contributed by atoms with Gasteiger partial charge in [0.15, 0.2) is 5.69 Å². The summed E-state index contributed by atoms with van der Waals surface area (Å²) in [4.78, 5) is 14.8. The molecule has 0 aliphatic carbocycles. The van der Waals surface area contributed by atoms with E-state index in [1.54, 1.807) is 10.9 Å². The van der Waals surface area contributed by atoms with E-state index in [1.807, 2.05) is 11.0 Å². The molecule has 0 unspecified atom stereocenters. The van der Waals surface area contributed by atoms with Gasteiger partial charge in [-0.15, -0.1) is 5.10 Å². The molecular formula is C23H26N4O. The number of carbonyl (C=O) groups is 1. The van der Waals surface area contributed by atoms with Gasteiger partial charge in [0, 0.05) is 13.1 Å². The molecule has 0 radical (unpaired) electrons. The van der Waals surface area contributed by atoms with Gasteiger partial charge < -0.3 is 4.90 Å². The van der Waals surface area contributed by atoms with Crippen LogP contribution in [0.25, 0.3) is 5.69 Å². The fraction of sp³-hybridized carbons (Fsp3) is 0.348. The second-order valence-corrected chi connectivity index (χ2v) is 7.74. The molecule has 0 saturated carbocycles. The monoisotopic (exact) mass is 374 g/mol. The van der Waals surface area contributed by atoms with E-state index in [0.29, 0.717) is 11.6 Å². The molecule has 5 heteroatoms. The number of rotatable bonds is 4. The second kappa shape index (κ2) is 7.97. The van der Waals surface area contributed by atoms with E-state index in [0.717, 1.165) is 38.0 Å². The summed E-state index contributed by atoms with van der Waals surface area (Å²) in [6.07, 6.45) is 4.90. The van der Waals surface area contributed by atoms with Crippen molar-refractivity contribution in [1.82, 2.24) is 19.9 Å². The summed E-state index contributed by atoms with van der Waals surface area (Å²) in [6.45, 7) is 5.72. The van der Waals surface area contributed by atoms with E-state index < -0.39 is 0 Å². The Morgan fingerprint density at radius 2 is 1.79 bits per heavy atom. The number of hydrogen-bond acceptors (Lipinski definition) is 3. The molecule has 5 nitrogen and oxygen atoms in total. The number of piperidine rings is 1. The van der Waals surface area contributed by atoms with Crippen LogP contribution in [0.1, 0.15) is 40.0 Å². The highest BCUT2D eigenvalue weighted by Gasteiger charge is 2.25. The van der Waals surface area contributed by atoms with Gasteiger partial charge in [-0.1, -0.05) is 41.6 Å². The van der Waals surface area contributed by atoms with Crippen LogP contribution in [-0.4, -0.2) is 38.9 Å². The summed E-state index contributed by atoms with van der Waals surface area (Å²) in [7, 11) is 0. The van der Waals surface area contributed by atoms with Gasteiger partial charge in [-0.05, 0) is 67.9 Å². The molecule has 0 N–H and O–H groups in total. The molecule has 4 rings (SSSR count). The molecule has 3 aromatic rings. The average Bonchev–Trinajstić information content (AvgIpc) is 3.21. The van der Waals surface area contributed by atoms with Gasteiger partial charge in [0.05, 0.1) is 11.9 Å². The van der Waals surface area contributed by atoms with Crippen LogP contribution < -0.4 is 0 Å². The number of amides is 1. The Hall–Kier alpha value is -2.95. The van der Waals surface area contributed by atoms with Crippen LogP contribution >= 0.6 is 0 Å². The number of nitrogens with zero attached hydrogens (tertiary/aromatic N) is 4. The maximum Gasteiger partial charge on any atom is 0.276 e. The third-order valence-corrected chi connectivity index (χ3v) is 5.74. The first-order valence-corrected chi connectivity index (χ1v) is 9.93. The van der Waals surface area contributed by atoms with Crippen molar-refractivity contribution in [3.63, 3.8) is 0 Å². The lowest BCUT2D eigenvalue weighted by molar-refractivity contribution is 0.0684. The quantitative estimate of drug-likeness (QED) is 0.694. The highest BCUT2D eigenvalue weighted by atomic mass is 16.2. The lowest BCUT2D eigenvalue weighted by Crippen LogP contribution is -2.39. The lowest BCUT2D eigenvalue weighted by Gasteiger charge is -2.31. The van der Waals surface area contributed by atoms with E-state index in [4.69, 9.17) is 0 Å². The first-order valence-electron chi connectivity index (χ1n) is 9.93. The van der Waals surface area contributed by atoms with Gasteiger partial charge in [-0.3, -0.25) is 4.79 Å². The number of aryl methyl sites for hydroxylation is 2. The summed E-state index contributed by atoms with van der Waals surface area (Å²) in [5.74, 6) is 0.617. The van der Waals surface area contributed by atoms with E-state index in [-0.39, 0.29) is 5.91 Å². The minimum absolute atomic E-state index is 0.0201. The topological polar surface area (TPSA) is 51.0 Å². The number of carbonyl (C=O) groups excluding carboxylic acids is 1. The highest BCUT2D eigenvalue weighted by molar-refractivity contribution is 5.92. The number of benzene rings is 2. The van der Waals surface area contributed by atoms with Gasteiger partial charge in [-0.2, -0.15) is 0 Å². The van der Waals surface area contributed by atoms with Crippen molar-refractivity contribution in [2.24, 2.45) is 5.92 Å². The van der Waals surface area contributed by atoms with Crippen molar-refractivity contribution in [3.8, 4) is 5.69 Å². The van der Waals surface area contributed by atoms with Crippen LogP contribution in [0.5, 0.6) is 0 Å². The molecule has 0 bridgehead atoms. The summed E-state index contributed by atoms with van der Waals surface area (Å²) >= 11 is 0. The van der Waals surface area contributed by atoms with Crippen LogP contribution in [0.2, 0.25) is 0 Å². The Balaban J connectivity index is 1.38. The van der Waals surface area contributed by atoms with Gasteiger partial charge >= 0.3 is 0 Å². The summed E-state index contributed by atoms with van der Waals surface area (Å²) < 4.78 is 1.68. The molecule has 2 aromatic carbocycles. The Labute approximate surface area is 166 Å². The molecular weight excluding hydrogens is 348 g/mol. The molecule has 1 fully saturated rings. The minimum atomic E-state index is -0.0201. The van der Waals surface area contributed by atoms with Crippen molar-refractivity contribution >= 4 is 5.91 Å². The molecule has 1 saturated heterocycles. The van der Waals surface area contributed by atoms with E-state index in [9.17, 15) is 4.79 Å². The molecule has 1 amide bonds.